The number of rotatable bonds is 20. The number of carboxylic acid groups (broad SMARTS) is 6. The summed E-state index contributed by atoms with van der Waals surface area (Å²) in [6.45, 7) is 2.09. The quantitative estimate of drug-likeness (QED) is 0.0491. The minimum absolute atomic E-state index is 0.00810. The lowest BCUT2D eigenvalue weighted by Crippen LogP contribution is -2.64. The summed E-state index contributed by atoms with van der Waals surface area (Å²) >= 11 is 0. The topological polar surface area (TPSA) is 250 Å². The monoisotopic (exact) mass is 644 g/mol. The number of carbonyl (C=O) groups excluding carboxylic acids is 1. The molecular formula is C32H36O14. The average Bonchev–Trinajstić information content (AvgIpc) is 2.98. The van der Waals surface area contributed by atoms with Crippen LogP contribution in [0.1, 0.15) is 108 Å². The summed E-state index contributed by atoms with van der Waals surface area (Å²) in [4.78, 5) is 85.6. The number of unbranched alkanes of at least 4 members (excludes halogenated alkanes) is 8. The maximum atomic E-state index is 12.9. The molecule has 0 saturated heterocycles. The van der Waals surface area contributed by atoms with Gasteiger partial charge in [0.15, 0.2) is 0 Å². The number of carbonyl (C=O) groups is 7. The van der Waals surface area contributed by atoms with Crippen LogP contribution < -0.4 is 4.74 Å². The first-order valence-electron chi connectivity index (χ1n) is 14.5. The molecule has 14 nitrogen and oxygen atoms in total. The zero-order valence-corrected chi connectivity index (χ0v) is 25.1. The van der Waals surface area contributed by atoms with Crippen molar-refractivity contribution in [3.05, 3.63) is 64.7 Å². The Hall–Kier alpha value is -5.27. The van der Waals surface area contributed by atoms with Gasteiger partial charge in [0.25, 0.3) is 5.41 Å². The molecule has 0 bridgehead atoms. The van der Waals surface area contributed by atoms with Crippen molar-refractivity contribution >= 4 is 41.8 Å². The minimum Gasteiger partial charge on any atom is -0.481 e. The molecule has 2 aromatic rings. The van der Waals surface area contributed by atoms with E-state index < -0.39 is 75.7 Å². The Kier molecular flexibility index (Phi) is 13.0. The molecule has 0 radical (unpaired) electrons. The minimum atomic E-state index is -3.84. The molecule has 46 heavy (non-hydrogen) atoms. The Morgan fingerprint density at radius 3 is 1.50 bits per heavy atom. The SMILES string of the molecule is CCCCCCCCCCCC(C(=O)O)(c1ccc(OC(=O)c2ccc(C(=O)O)c(C(=O)O)c2)cc1)C(C(=O)O)(C(=O)O)C(=O)O. The Balaban J connectivity index is 2.47. The van der Waals surface area contributed by atoms with E-state index in [2.05, 4.69) is 6.92 Å². The molecule has 0 aliphatic heterocycles. The standard InChI is InChI=1S/C32H36O14/c1-2-3-4-5-6-7-8-9-10-17-31(27(38)39,32(28(40)41,29(42)43)30(44)45)20-12-14-21(15-13-20)46-26(37)19-11-16-22(24(33)34)23(18-19)25(35)36/h11-16,18H,2-10,17H2,1H3,(H,33,34)(H,35,36)(H,38,39)(H,40,41)(H,42,43)(H,44,45). The van der Waals surface area contributed by atoms with Crippen molar-refractivity contribution in [3.63, 3.8) is 0 Å². The second kappa shape index (κ2) is 16.2. The van der Waals surface area contributed by atoms with Crippen molar-refractivity contribution in [3.8, 4) is 5.75 Å². The molecule has 0 amide bonds. The number of hydrogen-bond acceptors (Lipinski definition) is 8. The van der Waals surface area contributed by atoms with E-state index in [9.17, 15) is 59.1 Å². The summed E-state index contributed by atoms with van der Waals surface area (Å²) in [5, 5.41) is 58.9. The first-order valence-corrected chi connectivity index (χ1v) is 14.5. The lowest BCUT2D eigenvalue weighted by Gasteiger charge is -2.39. The van der Waals surface area contributed by atoms with Gasteiger partial charge in [0, 0.05) is 0 Å². The van der Waals surface area contributed by atoms with Gasteiger partial charge in [-0.25, -0.2) is 14.4 Å². The van der Waals surface area contributed by atoms with E-state index in [1.54, 1.807) is 0 Å². The third-order valence-electron chi connectivity index (χ3n) is 7.90. The maximum Gasteiger partial charge on any atom is 0.343 e. The molecular weight excluding hydrogens is 608 g/mol. The summed E-state index contributed by atoms with van der Waals surface area (Å²) in [5.74, 6) is -13.7. The van der Waals surface area contributed by atoms with Gasteiger partial charge in [0.1, 0.15) is 11.2 Å². The smallest absolute Gasteiger partial charge is 0.343 e. The van der Waals surface area contributed by atoms with Crippen LogP contribution in [0, 0.1) is 5.41 Å². The highest BCUT2D eigenvalue weighted by Gasteiger charge is 2.72. The van der Waals surface area contributed by atoms with Gasteiger partial charge in [-0.05, 0) is 42.3 Å². The van der Waals surface area contributed by atoms with Gasteiger partial charge in [-0.15, -0.1) is 0 Å². The number of benzene rings is 2. The van der Waals surface area contributed by atoms with Crippen molar-refractivity contribution in [2.45, 2.75) is 76.5 Å². The number of aliphatic carboxylic acids is 4. The number of hydrogen-bond donors (Lipinski definition) is 6. The third-order valence-corrected chi connectivity index (χ3v) is 7.90. The van der Waals surface area contributed by atoms with Crippen LogP contribution in [0.4, 0.5) is 0 Å². The zero-order valence-electron chi connectivity index (χ0n) is 25.1. The van der Waals surface area contributed by atoms with Crippen molar-refractivity contribution in [2.24, 2.45) is 5.41 Å². The summed E-state index contributed by atoms with van der Waals surface area (Å²) in [5.41, 5.74) is -8.93. The Morgan fingerprint density at radius 2 is 1.07 bits per heavy atom. The van der Waals surface area contributed by atoms with Crippen LogP contribution >= 0.6 is 0 Å². The highest BCUT2D eigenvalue weighted by molar-refractivity contribution is 6.21. The molecule has 1 atom stereocenters. The van der Waals surface area contributed by atoms with Crippen LogP contribution in [0.2, 0.25) is 0 Å². The maximum absolute atomic E-state index is 12.9. The molecule has 2 rings (SSSR count). The summed E-state index contributed by atoms with van der Waals surface area (Å²) in [6, 6.07) is 6.58. The zero-order chi connectivity index (χ0) is 34.7. The Bertz CT molecular complexity index is 1440. The van der Waals surface area contributed by atoms with Gasteiger partial charge in [0.05, 0.1) is 16.7 Å². The molecule has 6 N–H and O–H groups in total. The molecule has 0 aliphatic rings. The van der Waals surface area contributed by atoms with Gasteiger partial charge in [-0.2, -0.15) is 0 Å². The van der Waals surface area contributed by atoms with Crippen LogP contribution in [-0.4, -0.2) is 72.4 Å². The highest BCUT2D eigenvalue weighted by Crippen LogP contribution is 2.48. The molecule has 0 aromatic heterocycles. The highest BCUT2D eigenvalue weighted by atomic mass is 16.5. The molecule has 0 saturated carbocycles. The van der Waals surface area contributed by atoms with E-state index in [1.807, 2.05) is 0 Å². The number of ether oxygens (including phenoxy) is 1. The summed E-state index contributed by atoms with van der Waals surface area (Å²) in [7, 11) is 0. The van der Waals surface area contributed by atoms with Gasteiger partial charge in [-0.1, -0.05) is 76.8 Å². The fourth-order valence-corrected chi connectivity index (χ4v) is 5.47. The van der Waals surface area contributed by atoms with E-state index in [4.69, 9.17) is 9.84 Å². The van der Waals surface area contributed by atoms with Crippen LogP contribution in [0.5, 0.6) is 5.75 Å². The van der Waals surface area contributed by atoms with Crippen LogP contribution in [-0.2, 0) is 24.6 Å². The lowest BCUT2D eigenvalue weighted by atomic mass is 9.57. The van der Waals surface area contributed by atoms with Gasteiger partial charge < -0.3 is 35.4 Å². The second-order valence-electron chi connectivity index (χ2n) is 10.7. The molecule has 1 unspecified atom stereocenters. The van der Waals surface area contributed by atoms with Crippen LogP contribution in [0.25, 0.3) is 0 Å². The number of aromatic carboxylic acids is 2. The van der Waals surface area contributed by atoms with Crippen LogP contribution in [0.15, 0.2) is 42.5 Å². The van der Waals surface area contributed by atoms with Gasteiger partial charge in [0.2, 0.25) is 0 Å². The molecule has 14 heteroatoms. The summed E-state index contributed by atoms with van der Waals surface area (Å²) in [6.07, 6.45) is 6.35. The average molecular weight is 645 g/mol. The summed E-state index contributed by atoms with van der Waals surface area (Å²) < 4.78 is 5.18. The van der Waals surface area contributed by atoms with E-state index in [0.717, 1.165) is 81.0 Å². The Morgan fingerprint density at radius 1 is 0.587 bits per heavy atom. The molecule has 2 aromatic carbocycles. The first-order chi connectivity index (χ1) is 21.7. The van der Waals surface area contributed by atoms with Crippen molar-refractivity contribution < 1.29 is 68.9 Å². The van der Waals surface area contributed by atoms with Crippen molar-refractivity contribution in [2.75, 3.05) is 0 Å². The van der Waals surface area contributed by atoms with Crippen molar-refractivity contribution in [1.29, 1.82) is 0 Å². The second-order valence-corrected chi connectivity index (χ2v) is 10.7. The fourth-order valence-electron chi connectivity index (χ4n) is 5.47. The lowest BCUT2D eigenvalue weighted by molar-refractivity contribution is -0.189. The van der Waals surface area contributed by atoms with Gasteiger partial charge in [-0.3, -0.25) is 19.2 Å². The molecule has 0 heterocycles. The molecule has 0 aliphatic carbocycles. The number of carboxylic acids is 6. The van der Waals surface area contributed by atoms with E-state index in [1.165, 1.54) is 0 Å². The molecule has 0 spiro atoms. The predicted octanol–water partition coefficient (Wildman–Crippen LogP) is 4.79. The molecule has 248 valence electrons. The van der Waals surface area contributed by atoms with E-state index in [-0.39, 0.29) is 17.7 Å². The van der Waals surface area contributed by atoms with E-state index in [0.29, 0.717) is 12.8 Å². The molecule has 0 fully saturated rings. The first kappa shape index (κ1) is 36.9. The largest absolute Gasteiger partial charge is 0.481 e. The third kappa shape index (κ3) is 7.68. The predicted molar refractivity (Wildman–Crippen MR) is 158 cm³/mol. The van der Waals surface area contributed by atoms with Crippen molar-refractivity contribution in [1.82, 2.24) is 0 Å². The normalized spacial score (nSPS) is 12.5. The number of esters is 1. The van der Waals surface area contributed by atoms with Crippen LogP contribution in [0.3, 0.4) is 0 Å². The van der Waals surface area contributed by atoms with E-state index >= 15 is 0 Å². The Labute approximate surface area is 263 Å². The fraction of sp³-hybridized carbons (Fsp3) is 0.406. The van der Waals surface area contributed by atoms with Gasteiger partial charge >= 0.3 is 41.8 Å².